The summed E-state index contributed by atoms with van der Waals surface area (Å²) in [6.07, 6.45) is 4.93. The molecular formula is C21H22N2O2S. The molecule has 0 saturated heterocycles. The third-order valence-corrected chi connectivity index (χ3v) is 6.33. The quantitative estimate of drug-likeness (QED) is 0.654. The van der Waals surface area contributed by atoms with Crippen molar-refractivity contribution in [2.24, 2.45) is 0 Å². The lowest BCUT2D eigenvalue weighted by Gasteiger charge is -2.13. The van der Waals surface area contributed by atoms with E-state index in [1.54, 1.807) is 15.9 Å². The van der Waals surface area contributed by atoms with Crippen LogP contribution >= 0.6 is 11.3 Å². The van der Waals surface area contributed by atoms with Crippen molar-refractivity contribution in [2.75, 3.05) is 0 Å². The molecule has 5 heteroatoms. The van der Waals surface area contributed by atoms with E-state index in [0.717, 1.165) is 35.0 Å². The third-order valence-electron chi connectivity index (χ3n) is 5.15. The average Bonchev–Trinajstić information content (AvgIpc) is 3.02. The van der Waals surface area contributed by atoms with E-state index in [0.29, 0.717) is 17.8 Å². The molecule has 134 valence electrons. The van der Waals surface area contributed by atoms with E-state index in [1.807, 2.05) is 38.1 Å². The van der Waals surface area contributed by atoms with Gasteiger partial charge in [-0.15, -0.1) is 11.3 Å². The predicted octanol–water partition coefficient (Wildman–Crippen LogP) is 4.09. The fourth-order valence-electron chi connectivity index (χ4n) is 3.69. The molecule has 0 bridgehead atoms. The molecule has 1 aliphatic rings. The lowest BCUT2D eigenvalue weighted by atomic mass is 9.97. The molecule has 0 N–H and O–H groups in total. The summed E-state index contributed by atoms with van der Waals surface area (Å²) < 4.78 is 1.59. The number of hydrogen-bond acceptors (Lipinski definition) is 4. The van der Waals surface area contributed by atoms with Crippen molar-refractivity contribution in [3.8, 4) is 0 Å². The molecule has 2 heterocycles. The Kier molecular flexibility index (Phi) is 4.49. The van der Waals surface area contributed by atoms with Crippen LogP contribution in [0.4, 0.5) is 0 Å². The van der Waals surface area contributed by atoms with Gasteiger partial charge in [-0.25, -0.2) is 4.98 Å². The summed E-state index contributed by atoms with van der Waals surface area (Å²) in [5.41, 5.74) is 2.87. The van der Waals surface area contributed by atoms with E-state index in [-0.39, 0.29) is 17.9 Å². The van der Waals surface area contributed by atoms with Gasteiger partial charge in [0.2, 0.25) is 0 Å². The van der Waals surface area contributed by atoms with Crippen molar-refractivity contribution in [3.05, 3.63) is 62.0 Å². The lowest BCUT2D eigenvalue weighted by molar-refractivity contribution is 0.0969. The Balaban J connectivity index is 1.80. The SMILES string of the molecule is CCc1nc2sc3c(c2c(=O)n1CC(=O)c1ccc(C)cc1)CCCC3. The van der Waals surface area contributed by atoms with Gasteiger partial charge in [0.05, 0.1) is 11.9 Å². The van der Waals surface area contributed by atoms with Gasteiger partial charge < -0.3 is 0 Å². The second-order valence-corrected chi connectivity index (χ2v) is 8.04. The monoisotopic (exact) mass is 366 g/mol. The van der Waals surface area contributed by atoms with Crippen LogP contribution in [0.3, 0.4) is 0 Å². The zero-order valence-electron chi connectivity index (χ0n) is 15.2. The van der Waals surface area contributed by atoms with Crippen LogP contribution in [-0.2, 0) is 25.8 Å². The first-order valence-corrected chi connectivity index (χ1v) is 10.0. The Labute approximate surface area is 156 Å². The Morgan fingerprint density at radius 1 is 1.19 bits per heavy atom. The maximum absolute atomic E-state index is 13.2. The number of carbonyl (C=O) groups excluding carboxylic acids is 1. The summed E-state index contributed by atoms with van der Waals surface area (Å²) in [5.74, 6) is 0.647. The average molecular weight is 366 g/mol. The Hall–Kier alpha value is -2.27. The number of carbonyl (C=O) groups is 1. The van der Waals surface area contributed by atoms with Crippen molar-refractivity contribution < 1.29 is 4.79 Å². The molecule has 26 heavy (non-hydrogen) atoms. The highest BCUT2D eigenvalue weighted by molar-refractivity contribution is 7.18. The van der Waals surface area contributed by atoms with E-state index in [4.69, 9.17) is 4.98 Å². The van der Waals surface area contributed by atoms with E-state index in [1.165, 1.54) is 16.9 Å². The highest BCUT2D eigenvalue weighted by Crippen LogP contribution is 2.33. The fourth-order valence-corrected chi connectivity index (χ4v) is 4.96. The molecule has 2 aromatic heterocycles. The second kappa shape index (κ2) is 6.80. The van der Waals surface area contributed by atoms with Crippen LogP contribution in [0.15, 0.2) is 29.1 Å². The van der Waals surface area contributed by atoms with Crippen molar-refractivity contribution in [1.82, 2.24) is 9.55 Å². The van der Waals surface area contributed by atoms with Crippen molar-refractivity contribution >= 4 is 27.3 Å². The molecule has 0 spiro atoms. The standard InChI is InChI=1S/C21H22N2O2S/c1-3-18-22-20-19(15-6-4-5-7-17(15)26-20)21(25)23(18)12-16(24)14-10-8-13(2)9-11-14/h8-11H,3-7,12H2,1-2H3. The summed E-state index contributed by atoms with van der Waals surface area (Å²) in [6.45, 7) is 4.03. The van der Waals surface area contributed by atoms with Gasteiger partial charge in [-0.3, -0.25) is 14.2 Å². The van der Waals surface area contributed by atoms with Crippen molar-refractivity contribution in [1.29, 1.82) is 0 Å². The fraction of sp³-hybridized carbons (Fsp3) is 0.381. The minimum absolute atomic E-state index is 0.0490. The summed E-state index contributed by atoms with van der Waals surface area (Å²) in [7, 11) is 0. The van der Waals surface area contributed by atoms with Gasteiger partial charge in [-0.2, -0.15) is 0 Å². The summed E-state index contributed by atoms with van der Waals surface area (Å²) in [6, 6.07) is 7.50. The minimum atomic E-state index is -0.0493. The first-order valence-electron chi connectivity index (χ1n) is 9.22. The molecule has 0 saturated carbocycles. The lowest BCUT2D eigenvalue weighted by Crippen LogP contribution is -2.28. The van der Waals surface area contributed by atoms with Gasteiger partial charge in [0.15, 0.2) is 5.78 Å². The zero-order chi connectivity index (χ0) is 18.3. The Morgan fingerprint density at radius 2 is 1.92 bits per heavy atom. The second-order valence-electron chi connectivity index (χ2n) is 6.95. The number of rotatable bonds is 4. The van der Waals surface area contributed by atoms with Crippen molar-refractivity contribution in [2.45, 2.75) is 52.5 Å². The number of hydrogen-bond donors (Lipinski definition) is 0. The van der Waals surface area contributed by atoms with Gasteiger partial charge in [0.1, 0.15) is 10.7 Å². The molecule has 0 fully saturated rings. The van der Waals surface area contributed by atoms with Gasteiger partial charge in [-0.1, -0.05) is 36.8 Å². The number of aromatic nitrogens is 2. The molecule has 1 aromatic carbocycles. The first kappa shape index (κ1) is 17.2. The number of ketones is 1. The largest absolute Gasteiger partial charge is 0.292 e. The van der Waals surface area contributed by atoms with Crippen LogP contribution in [0, 0.1) is 6.92 Å². The Morgan fingerprint density at radius 3 is 2.65 bits per heavy atom. The van der Waals surface area contributed by atoms with Crippen LogP contribution in [0.5, 0.6) is 0 Å². The first-order chi connectivity index (χ1) is 12.6. The number of Topliss-reactive ketones (excluding diaryl/α,β-unsaturated/α-hetero) is 1. The van der Waals surface area contributed by atoms with Gasteiger partial charge in [0.25, 0.3) is 5.56 Å². The molecule has 1 aliphatic carbocycles. The summed E-state index contributed by atoms with van der Waals surface area (Å²) in [5, 5.41) is 0.749. The number of benzene rings is 1. The normalized spacial score (nSPS) is 13.8. The number of nitrogens with zero attached hydrogens (tertiary/aromatic N) is 2. The number of aryl methyl sites for hydroxylation is 4. The van der Waals surface area contributed by atoms with Gasteiger partial charge in [0, 0.05) is 16.9 Å². The summed E-state index contributed by atoms with van der Waals surface area (Å²) in [4.78, 5) is 32.9. The highest BCUT2D eigenvalue weighted by Gasteiger charge is 2.22. The van der Waals surface area contributed by atoms with E-state index in [9.17, 15) is 9.59 Å². The zero-order valence-corrected chi connectivity index (χ0v) is 16.0. The molecular weight excluding hydrogens is 344 g/mol. The number of thiophene rings is 1. The van der Waals surface area contributed by atoms with E-state index >= 15 is 0 Å². The minimum Gasteiger partial charge on any atom is -0.292 e. The van der Waals surface area contributed by atoms with Crippen LogP contribution in [-0.4, -0.2) is 15.3 Å². The molecule has 0 amide bonds. The molecule has 4 nitrogen and oxygen atoms in total. The van der Waals surface area contributed by atoms with E-state index < -0.39 is 0 Å². The van der Waals surface area contributed by atoms with E-state index in [2.05, 4.69) is 0 Å². The maximum Gasteiger partial charge on any atom is 0.262 e. The molecule has 0 atom stereocenters. The Bertz CT molecular complexity index is 1040. The topological polar surface area (TPSA) is 52.0 Å². The van der Waals surface area contributed by atoms with Crippen molar-refractivity contribution in [3.63, 3.8) is 0 Å². The van der Waals surface area contributed by atoms with Gasteiger partial charge >= 0.3 is 0 Å². The van der Waals surface area contributed by atoms with Crippen LogP contribution in [0.25, 0.3) is 10.2 Å². The smallest absolute Gasteiger partial charge is 0.262 e. The molecule has 0 aliphatic heterocycles. The van der Waals surface area contributed by atoms with Gasteiger partial charge in [-0.05, 0) is 38.2 Å². The molecule has 0 radical (unpaired) electrons. The summed E-state index contributed by atoms with van der Waals surface area (Å²) >= 11 is 1.66. The van der Waals surface area contributed by atoms with Crippen LogP contribution in [0.2, 0.25) is 0 Å². The van der Waals surface area contributed by atoms with Crippen LogP contribution in [0.1, 0.15) is 52.0 Å². The highest BCUT2D eigenvalue weighted by atomic mass is 32.1. The molecule has 3 aromatic rings. The van der Waals surface area contributed by atoms with Crippen LogP contribution < -0.4 is 5.56 Å². The third kappa shape index (κ3) is 2.90. The molecule has 0 unspecified atom stereocenters. The predicted molar refractivity (Wildman–Crippen MR) is 105 cm³/mol. The molecule has 4 rings (SSSR count). The maximum atomic E-state index is 13.2. The number of fused-ring (bicyclic) bond motifs is 3.